The van der Waals surface area contributed by atoms with Crippen molar-refractivity contribution >= 4 is 11.6 Å². The van der Waals surface area contributed by atoms with E-state index in [-0.39, 0.29) is 11.6 Å². The molecular formula is C13H13F3N4O. The Balaban J connectivity index is 1.90. The molecule has 21 heavy (non-hydrogen) atoms. The summed E-state index contributed by atoms with van der Waals surface area (Å²) in [5.41, 5.74) is 5.13. The number of halogens is 3. The second-order valence-electron chi connectivity index (χ2n) is 4.89. The highest BCUT2D eigenvalue weighted by atomic mass is 19.4. The molecule has 1 aliphatic rings. The molecule has 0 saturated carbocycles. The van der Waals surface area contributed by atoms with E-state index < -0.39 is 11.7 Å². The number of rotatable bonds is 2. The summed E-state index contributed by atoms with van der Waals surface area (Å²) >= 11 is 0. The lowest BCUT2D eigenvalue weighted by atomic mass is 10.1. The van der Waals surface area contributed by atoms with Crippen LogP contribution in [-0.2, 0) is 6.18 Å². The standard InChI is InChI=1S/C13H13F3N4O/c14-13(15,16)8-3-4-9(10(17)7-8)11-18-12(19-21-11)20-5-1-2-6-20/h3-4,7H,1-2,5-6,17H2. The maximum Gasteiger partial charge on any atom is 0.416 e. The van der Waals surface area contributed by atoms with Crippen molar-refractivity contribution in [2.45, 2.75) is 19.0 Å². The third-order valence-corrected chi connectivity index (χ3v) is 3.41. The van der Waals surface area contributed by atoms with Gasteiger partial charge in [0.05, 0.1) is 11.1 Å². The third kappa shape index (κ3) is 2.65. The molecule has 8 heteroatoms. The number of alkyl halides is 3. The van der Waals surface area contributed by atoms with Crippen molar-refractivity contribution in [3.8, 4) is 11.5 Å². The van der Waals surface area contributed by atoms with Crippen LogP contribution in [0.3, 0.4) is 0 Å². The second-order valence-corrected chi connectivity index (χ2v) is 4.89. The van der Waals surface area contributed by atoms with Gasteiger partial charge in [0.1, 0.15) is 0 Å². The Hall–Kier alpha value is -2.25. The predicted octanol–water partition coefficient (Wildman–Crippen LogP) is 2.94. The number of benzene rings is 1. The van der Waals surface area contributed by atoms with Crippen molar-refractivity contribution in [3.63, 3.8) is 0 Å². The molecule has 1 fully saturated rings. The lowest BCUT2D eigenvalue weighted by Gasteiger charge is -2.10. The monoisotopic (exact) mass is 298 g/mol. The summed E-state index contributed by atoms with van der Waals surface area (Å²) in [5.74, 6) is 0.574. The Bertz CT molecular complexity index is 647. The van der Waals surface area contributed by atoms with Gasteiger partial charge in [-0.25, -0.2) is 0 Å². The van der Waals surface area contributed by atoms with E-state index in [4.69, 9.17) is 10.3 Å². The Morgan fingerprint density at radius 2 is 1.90 bits per heavy atom. The van der Waals surface area contributed by atoms with E-state index >= 15 is 0 Å². The average Bonchev–Trinajstić information content (AvgIpc) is 3.08. The van der Waals surface area contributed by atoms with Gasteiger partial charge in [0.25, 0.3) is 11.8 Å². The first kappa shape index (κ1) is 13.7. The predicted molar refractivity (Wildman–Crippen MR) is 70.6 cm³/mol. The molecule has 1 aromatic carbocycles. The van der Waals surface area contributed by atoms with Gasteiger partial charge in [-0.3, -0.25) is 0 Å². The van der Waals surface area contributed by atoms with Gasteiger partial charge >= 0.3 is 6.18 Å². The van der Waals surface area contributed by atoms with E-state index in [1.54, 1.807) is 0 Å². The summed E-state index contributed by atoms with van der Waals surface area (Å²) in [5, 5.41) is 3.85. The second kappa shape index (κ2) is 4.94. The minimum absolute atomic E-state index is 0.0403. The average molecular weight is 298 g/mol. The summed E-state index contributed by atoms with van der Waals surface area (Å²) in [6, 6.07) is 3.07. The Morgan fingerprint density at radius 1 is 1.19 bits per heavy atom. The molecule has 1 aliphatic heterocycles. The molecule has 5 nitrogen and oxygen atoms in total. The SMILES string of the molecule is Nc1cc(C(F)(F)F)ccc1-c1nc(N2CCCC2)no1. The van der Waals surface area contributed by atoms with Gasteiger partial charge in [0.2, 0.25) is 0 Å². The molecular weight excluding hydrogens is 285 g/mol. The van der Waals surface area contributed by atoms with E-state index in [1.165, 1.54) is 6.07 Å². The number of aromatic nitrogens is 2. The van der Waals surface area contributed by atoms with Crippen LogP contribution in [0.5, 0.6) is 0 Å². The van der Waals surface area contributed by atoms with Gasteiger partial charge in [-0.05, 0) is 36.2 Å². The van der Waals surface area contributed by atoms with Crippen molar-refractivity contribution in [2.75, 3.05) is 23.7 Å². The molecule has 112 valence electrons. The molecule has 1 saturated heterocycles. The summed E-state index contributed by atoms with van der Waals surface area (Å²) in [4.78, 5) is 6.17. The molecule has 2 heterocycles. The molecule has 3 rings (SSSR count). The van der Waals surface area contributed by atoms with E-state index in [0.29, 0.717) is 11.5 Å². The topological polar surface area (TPSA) is 68.2 Å². The fourth-order valence-electron chi connectivity index (χ4n) is 2.30. The largest absolute Gasteiger partial charge is 0.416 e. The minimum atomic E-state index is -4.43. The Kier molecular flexibility index (Phi) is 3.23. The first-order valence-electron chi connectivity index (χ1n) is 6.51. The zero-order chi connectivity index (χ0) is 15.0. The first-order chi connectivity index (χ1) is 9.95. The number of anilines is 2. The maximum atomic E-state index is 12.6. The van der Waals surface area contributed by atoms with E-state index in [2.05, 4.69) is 10.1 Å². The van der Waals surface area contributed by atoms with E-state index in [9.17, 15) is 13.2 Å². The molecule has 0 spiro atoms. The van der Waals surface area contributed by atoms with Crippen molar-refractivity contribution in [1.29, 1.82) is 0 Å². The van der Waals surface area contributed by atoms with Gasteiger partial charge in [-0.1, -0.05) is 0 Å². The van der Waals surface area contributed by atoms with Crippen LogP contribution in [0.15, 0.2) is 22.7 Å². The Morgan fingerprint density at radius 3 is 2.52 bits per heavy atom. The van der Waals surface area contributed by atoms with Crippen LogP contribution >= 0.6 is 0 Å². The normalized spacial score (nSPS) is 15.7. The smallest absolute Gasteiger partial charge is 0.398 e. The highest BCUT2D eigenvalue weighted by molar-refractivity contribution is 5.71. The molecule has 2 N–H and O–H groups in total. The highest BCUT2D eigenvalue weighted by Gasteiger charge is 2.31. The molecule has 0 atom stereocenters. The summed E-state index contributed by atoms with van der Waals surface area (Å²) in [7, 11) is 0. The van der Waals surface area contributed by atoms with E-state index in [1.807, 2.05) is 4.90 Å². The van der Waals surface area contributed by atoms with Crippen LogP contribution < -0.4 is 10.6 Å². The van der Waals surface area contributed by atoms with Gasteiger partial charge in [0, 0.05) is 18.8 Å². The number of hydrogen-bond acceptors (Lipinski definition) is 5. The summed E-state index contributed by atoms with van der Waals surface area (Å²) in [6.07, 6.45) is -2.30. The molecule has 0 aliphatic carbocycles. The minimum Gasteiger partial charge on any atom is -0.398 e. The fraction of sp³-hybridized carbons (Fsp3) is 0.385. The van der Waals surface area contributed by atoms with Crippen LogP contribution in [0.2, 0.25) is 0 Å². The zero-order valence-electron chi connectivity index (χ0n) is 11.0. The highest BCUT2D eigenvalue weighted by Crippen LogP contribution is 2.34. The molecule has 2 aromatic rings. The number of hydrogen-bond donors (Lipinski definition) is 1. The summed E-state index contributed by atoms with van der Waals surface area (Å²) < 4.78 is 42.9. The van der Waals surface area contributed by atoms with Crippen LogP contribution in [0, 0.1) is 0 Å². The van der Waals surface area contributed by atoms with Gasteiger partial charge in [-0.15, -0.1) is 0 Å². The van der Waals surface area contributed by atoms with Crippen LogP contribution in [0.4, 0.5) is 24.8 Å². The number of nitrogens with two attached hydrogens (primary N) is 1. The quantitative estimate of drug-likeness (QED) is 0.863. The van der Waals surface area contributed by atoms with Crippen molar-refractivity contribution in [3.05, 3.63) is 23.8 Å². The van der Waals surface area contributed by atoms with Crippen LogP contribution in [0.25, 0.3) is 11.5 Å². The number of nitrogen functional groups attached to an aromatic ring is 1. The fourth-order valence-corrected chi connectivity index (χ4v) is 2.30. The Labute approximate surface area is 118 Å². The molecule has 1 aromatic heterocycles. The summed E-state index contributed by atoms with van der Waals surface area (Å²) in [6.45, 7) is 1.70. The first-order valence-corrected chi connectivity index (χ1v) is 6.51. The third-order valence-electron chi connectivity index (χ3n) is 3.41. The lowest BCUT2D eigenvalue weighted by Crippen LogP contribution is -2.18. The lowest BCUT2D eigenvalue weighted by molar-refractivity contribution is -0.137. The van der Waals surface area contributed by atoms with Crippen LogP contribution in [-0.4, -0.2) is 23.2 Å². The van der Waals surface area contributed by atoms with Gasteiger partial charge < -0.3 is 15.2 Å². The maximum absolute atomic E-state index is 12.6. The van der Waals surface area contributed by atoms with E-state index in [0.717, 1.165) is 38.1 Å². The van der Waals surface area contributed by atoms with Gasteiger partial charge in [-0.2, -0.15) is 18.2 Å². The zero-order valence-corrected chi connectivity index (χ0v) is 11.0. The molecule has 0 amide bonds. The van der Waals surface area contributed by atoms with Gasteiger partial charge in [0.15, 0.2) is 0 Å². The van der Waals surface area contributed by atoms with Crippen molar-refractivity contribution < 1.29 is 17.7 Å². The van der Waals surface area contributed by atoms with Crippen LogP contribution in [0.1, 0.15) is 18.4 Å². The molecule has 0 unspecified atom stereocenters. The van der Waals surface area contributed by atoms with Crippen molar-refractivity contribution in [2.24, 2.45) is 0 Å². The number of nitrogens with zero attached hydrogens (tertiary/aromatic N) is 3. The molecule has 0 bridgehead atoms. The van der Waals surface area contributed by atoms with Crippen molar-refractivity contribution in [1.82, 2.24) is 10.1 Å². The molecule has 0 radical (unpaired) electrons.